The van der Waals surface area contributed by atoms with Gasteiger partial charge in [-0.2, -0.15) is 5.10 Å². The van der Waals surface area contributed by atoms with Crippen LogP contribution in [0.15, 0.2) is 29.4 Å². The number of nitrogens with one attached hydrogen (secondary N) is 1. The Kier molecular flexibility index (Phi) is 3.25. The van der Waals surface area contributed by atoms with Gasteiger partial charge >= 0.3 is 0 Å². The molecule has 2 bridgehead atoms. The standard InChI is InChI=1S/C13H14N6O2S/c14-13(22)17-15-8-5-10(11-6-20-12(8)21-11)19-9-4-2-1-3-7(9)16-18-19/h1-4,10-12H,5-6H2,(H3,14,17,22)/b15-8-/t10-,11-,12-/m0/s1. The highest BCUT2D eigenvalue weighted by Crippen LogP contribution is 2.34. The van der Waals surface area contributed by atoms with Gasteiger partial charge in [-0.25, -0.2) is 4.68 Å². The molecule has 0 unspecified atom stereocenters. The van der Waals surface area contributed by atoms with Crippen LogP contribution in [-0.4, -0.2) is 44.8 Å². The molecule has 1 aromatic heterocycles. The molecule has 2 aromatic rings. The van der Waals surface area contributed by atoms with E-state index in [2.05, 4.69) is 20.8 Å². The van der Waals surface area contributed by atoms with Gasteiger partial charge in [0.2, 0.25) is 0 Å². The Bertz CT molecular complexity index is 760. The lowest BCUT2D eigenvalue weighted by atomic mass is 10.0. The maximum atomic E-state index is 5.86. The van der Waals surface area contributed by atoms with Crippen molar-refractivity contribution in [2.75, 3.05) is 6.61 Å². The number of para-hydroxylation sites is 1. The van der Waals surface area contributed by atoms with Crippen LogP contribution in [0.3, 0.4) is 0 Å². The molecule has 2 aliphatic heterocycles. The Morgan fingerprint density at radius 2 is 2.32 bits per heavy atom. The van der Waals surface area contributed by atoms with Gasteiger partial charge < -0.3 is 15.2 Å². The topological polar surface area (TPSA) is 99.6 Å². The predicted octanol–water partition coefficient (Wildman–Crippen LogP) is 0.307. The predicted molar refractivity (Wildman–Crippen MR) is 83.2 cm³/mol. The summed E-state index contributed by atoms with van der Waals surface area (Å²) in [6, 6.07) is 7.79. The molecule has 3 N–H and O–H groups in total. The lowest BCUT2D eigenvalue weighted by Gasteiger charge is -2.28. The van der Waals surface area contributed by atoms with Crippen LogP contribution in [0.4, 0.5) is 0 Å². The van der Waals surface area contributed by atoms with Crippen molar-refractivity contribution in [1.82, 2.24) is 20.4 Å². The molecule has 22 heavy (non-hydrogen) atoms. The molecule has 0 amide bonds. The number of rotatable bonds is 2. The smallest absolute Gasteiger partial charge is 0.199 e. The maximum absolute atomic E-state index is 5.86. The summed E-state index contributed by atoms with van der Waals surface area (Å²) >= 11 is 4.77. The van der Waals surface area contributed by atoms with Crippen LogP contribution < -0.4 is 11.2 Å². The Hall–Kier alpha value is -2.10. The van der Waals surface area contributed by atoms with E-state index < -0.39 is 6.29 Å². The van der Waals surface area contributed by atoms with E-state index in [1.54, 1.807) is 0 Å². The lowest BCUT2D eigenvalue weighted by molar-refractivity contribution is -0.0317. The van der Waals surface area contributed by atoms with Crippen molar-refractivity contribution in [3.63, 3.8) is 0 Å². The third-order valence-corrected chi connectivity index (χ3v) is 3.92. The third-order valence-electron chi connectivity index (χ3n) is 3.83. The summed E-state index contributed by atoms with van der Waals surface area (Å²) in [5.41, 5.74) is 10.5. The van der Waals surface area contributed by atoms with E-state index in [0.29, 0.717) is 18.7 Å². The molecule has 3 atom stereocenters. The van der Waals surface area contributed by atoms with Gasteiger partial charge in [0.15, 0.2) is 11.4 Å². The number of aromatic nitrogens is 3. The van der Waals surface area contributed by atoms with Crippen molar-refractivity contribution in [1.29, 1.82) is 0 Å². The SMILES string of the molecule is NC(=S)N/N=C1/C[C@H](n2nnc3ccccc32)[C@@H]2CO[C@H]1O2. The first-order chi connectivity index (χ1) is 10.7. The highest BCUT2D eigenvalue weighted by atomic mass is 32.1. The summed E-state index contributed by atoms with van der Waals surface area (Å²) in [5.74, 6) is 0. The number of nitrogens with zero attached hydrogens (tertiary/aromatic N) is 4. The van der Waals surface area contributed by atoms with Gasteiger partial charge in [-0.05, 0) is 24.4 Å². The fraction of sp³-hybridized carbons (Fsp3) is 0.385. The van der Waals surface area contributed by atoms with Gasteiger partial charge in [0.25, 0.3) is 0 Å². The van der Waals surface area contributed by atoms with E-state index in [9.17, 15) is 0 Å². The van der Waals surface area contributed by atoms with Crippen LogP contribution in [0, 0.1) is 0 Å². The molecule has 4 rings (SSSR count). The fourth-order valence-electron chi connectivity index (χ4n) is 2.84. The molecule has 114 valence electrons. The second kappa shape index (κ2) is 5.27. The monoisotopic (exact) mass is 318 g/mol. The first-order valence-corrected chi connectivity index (χ1v) is 7.32. The molecule has 2 saturated heterocycles. The Labute approximate surface area is 131 Å². The minimum Gasteiger partial charge on any atom is -0.375 e. The van der Waals surface area contributed by atoms with Gasteiger partial charge in [0.05, 0.1) is 23.9 Å². The second-order valence-electron chi connectivity index (χ2n) is 5.21. The van der Waals surface area contributed by atoms with E-state index in [-0.39, 0.29) is 17.3 Å². The number of hydrogen-bond donors (Lipinski definition) is 2. The Morgan fingerprint density at radius 1 is 1.45 bits per heavy atom. The van der Waals surface area contributed by atoms with Crippen molar-refractivity contribution in [3.05, 3.63) is 24.3 Å². The average molecular weight is 318 g/mol. The molecular weight excluding hydrogens is 304 g/mol. The zero-order valence-electron chi connectivity index (χ0n) is 11.5. The van der Waals surface area contributed by atoms with E-state index in [1.807, 2.05) is 28.9 Å². The largest absolute Gasteiger partial charge is 0.375 e. The molecule has 3 heterocycles. The summed E-state index contributed by atoms with van der Waals surface area (Å²) in [7, 11) is 0. The molecule has 2 fully saturated rings. The van der Waals surface area contributed by atoms with Crippen LogP contribution in [0.25, 0.3) is 11.0 Å². The summed E-state index contributed by atoms with van der Waals surface area (Å²) in [5, 5.41) is 12.8. The molecule has 2 aliphatic rings. The zero-order valence-corrected chi connectivity index (χ0v) is 12.4. The number of ether oxygens (including phenoxy) is 2. The molecule has 0 radical (unpaired) electrons. The summed E-state index contributed by atoms with van der Waals surface area (Å²) < 4.78 is 13.4. The highest BCUT2D eigenvalue weighted by molar-refractivity contribution is 7.80. The van der Waals surface area contributed by atoms with Crippen LogP contribution in [0.2, 0.25) is 0 Å². The quantitative estimate of drug-likeness (QED) is 0.607. The third kappa shape index (κ3) is 2.23. The van der Waals surface area contributed by atoms with Crippen molar-refractivity contribution < 1.29 is 9.47 Å². The summed E-state index contributed by atoms with van der Waals surface area (Å²) in [6.07, 6.45) is 0.120. The summed E-state index contributed by atoms with van der Waals surface area (Å²) in [6.45, 7) is 0.496. The van der Waals surface area contributed by atoms with Crippen molar-refractivity contribution >= 4 is 34.1 Å². The van der Waals surface area contributed by atoms with Gasteiger partial charge in [-0.3, -0.25) is 5.43 Å². The van der Waals surface area contributed by atoms with Gasteiger partial charge in [-0.1, -0.05) is 17.3 Å². The van der Waals surface area contributed by atoms with Crippen molar-refractivity contribution in [2.24, 2.45) is 10.8 Å². The normalized spacial score (nSPS) is 29.1. The number of fused-ring (bicyclic) bond motifs is 3. The zero-order chi connectivity index (χ0) is 15.1. The van der Waals surface area contributed by atoms with Crippen LogP contribution in [-0.2, 0) is 9.47 Å². The van der Waals surface area contributed by atoms with Crippen LogP contribution in [0.1, 0.15) is 12.5 Å². The minimum absolute atomic E-state index is 0.0296. The number of benzene rings is 1. The molecule has 9 heteroatoms. The number of hydrogen-bond acceptors (Lipinski definition) is 6. The van der Waals surface area contributed by atoms with Gasteiger partial charge in [0, 0.05) is 6.42 Å². The second-order valence-corrected chi connectivity index (χ2v) is 5.65. The van der Waals surface area contributed by atoms with Crippen molar-refractivity contribution in [2.45, 2.75) is 24.9 Å². The lowest BCUT2D eigenvalue weighted by Crippen LogP contribution is -2.39. The van der Waals surface area contributed by atoms with E-state index in [0.717, 1.165) is 11.0 Å². The first kappa shape index (κ1) is 13.6. The molecule has 0 spiro atoms. The number of hydrazone groups is 1. The Morgan fingerprint density at radius 3 is 3.18 bits per heavy atom. The number of nitrogens with two attached hydrogens (primary N) is 1. The number of thiocarbonyl (C=S) groups is 1. The molecular formula is C13H14N6O2S. The minimum atomic E-state index is -0.446. The van der Waals surface area contributed by atoms with Gasteiger partial charge in [-0.15, -0.1) is 5.10 Å². The molecule has 0 aliphatic carbocycles. The van der Waals surface area contributed by atoms with E-state index in [4.69, 9.17) is 27.4 Å². The Balaban J connectivity index is 1.69. The van der Waals surface area contributed by atoms with E-state index >= 15 is 0 Å². The fourth-order valence-corrected chi connectivity index (χ4v) is 2.88. The van der Waals surface area contributed by atoms with Crippen LogP contribution >= 0.6 is 12.2 Å². The highest BCUT2D eigenvalue weighted by Gasteiger charge is 2.43. The van der Waals surface area contributed by atoms with Crippen LogP contribution in [0.5, 0.6) is 0 Å². The molecule has 8 nitrogen and oxygen atoms in total. The van der Waals surface area contributed by atoms with Gasteiger partial charge in [0.1, 0.15) is 11.6 Å². The maximum Gasteiger partial charge on any atom is 0.199 e. The molecule has 0 saturated carbocycles. The van der Waals surface area contributed by atoms with Crippen molar-refractivity contribution in [3.8, 4) is 0 Å². The first-order valence-electron chi connectivity index (χ1n) is 6.91. The average Bonchev–Trinajstić information content (AvgIpc) is 3.12. The van der Waals surface area contributed by atoms with E-state index in [1.165, 1.54) is 0 Å². The molecule has 1 aromatic carbocycles. The summed E-state index contributed by atoms with van der Waals surface area (Å²) in [4.78, 5) is 0.